The van der Waals surface area contributed by atoms with Gasteiger partial charge in [-0.2, -0.15) is 0 Å². The molecule has 2 atom stereocenters. The fourth-order valence-electron chi connectivity index (χ4n) is 2.49. The smallest absolute Gasteiger partial charge is 0.407 e. The third-order valence-corrected chi connectivity index (χ3v) is 3.08. The minimum absolute atomic E-state index is 0.0252. The van der Waals surface area contributed by atoms with Crippen molar-refractivity contribution < 1.29 is 19.1 Å². The van der Waals surface area contributed by atoms with E-state index in [4.69, 9.17) is 9.47 Å². The molecule has 0 spiro atoms. The van der Waals surface area contributed by atoms with Gasteiger partial charge in [0.1, 0.15) is 0 Å². The van der Waals surface area contributed by atoms with Crippen LogP contribution in [0.3, 0.4) is 0 Å². The second kappa shape index (κ2) is 7.99. The number of rotatable bonds is 5. The van der Waals surface area contributed by atoms with Gasteiger partial charge in [-0.25, -0.2) is 4.79 Å². The molecule has 2 unspecified atom stereocenters. The van der Waals surface area contributed by atoms with Gasteiger partial charge in [0.2, 0.25) is 0 Å². The summed E-state index contributed by atoms with van der Waals surface area (Å²) < 4.78 is 9.84. The van der Waals surface area contributed by atoms with Crippen LogP contribution in [0.15, 0.2) is 0 Å². The standard InChI is InChI=1S/C13H24N2O4/c1-4-18-12(16)7-10-6-11(9-15(3)8-10)14-13(17)19-5-2/h10-11H,4-9H2,1-3H3,(H,14,17). The molecule has 19 heavy (non-hydrogen) atoms. The van der Waals surface area contributed by atoms with Crippen molar-refractivity contribution >= 4 is 12.1 Å². The molecule has 6 nitrogen and oxygen atoms in total. The normalized spacial score (nSPS) is 23.7. The Hall–Kier alpha value is -1.30. The van der Waals surface area contributed by atoms with Crippen LogP contribution in [0, 0.1) is 5.92 Å². The summed E-state index contributed by atoms with van der Waals surface area (Å²) in [4.78, 5) is 25.0. The molecular weight excluding hydrogens is 248 g/mol. The van der Waals surface area contributed by atoms with E-state index in [9.17, 15) is 9.59 Å². The number of nitrogens with zero attached hydrogens (tertiary/aromatic N) is 1. The first kappa shape index (κ1) is 15.8. The van der Waals surface area contributed by atoms with Gasteiger partial charge in [0.05, 0.1) is 13.2 Å². The molecule has 1 aliphatic rings. The third kappa shape index (κ3) is 5.92. The Kier molecular flexibility index (Phi) is 6.62. The summed E-state index contributed by atoms with van der Waals surface area (Å²) in [6.07, 6.45) is 0.791. The molecule has 0 saturated carbocycles. The van der Waals surface area contributed by atoms with Gasteiger partial charge in [0.25, 0.3) is 0 Å². The van der Waals surface area contributed by atoms with Crippen LogP contribution in [-0.4, -0.2) is 56.4 Å². The number of likely N-dealkylation sites (N-methyl/N-ethyl adjacent to an activating group) is 1. The first-order valence-electron chi connectivity index (χ1n) is 6.82. The van der Waals surface area contributed by atoms with Crippen molar-refractivity contribution in [1.29, 1.82) is 0 Å². The van der Waals surface area contributed by atoms with E-state index in [1.54, 1.807) is 13.8 Å². The van der Waals surface area contributed by atoms with Crippen molar-refractivity contribution in [2.45, 2.75) is 32.7 Å². The highest BCUT2D eigenvalue weighted by atomic mass is 16.5. The lowest BCUT2D eigenvalue weighted by molar-refractivity contribution is -0.144. The summed E-state index contributed by atoms with van der Waals surface area (Å²) in [5, 5.41) is 2.83. The lowest BCUT2D eigenvalue weighted by Gasteiger charge is -2.35. The molecule has 0 radical (unpaired) electrons. The van der Waals surface area contributed by atoms with Gasteiger partial charge < -0.3 is 19.7 Å². The van der Waals surface area contributed by atoms with Gasteiger partial charge in [-0.05, 0) is 33.2 Å². The number of piperidine rings is 1. The SMILES string of the molecule is CCOC(=O)CC1CC(NC(=O)OCC)CN(C)C1. The number of esters is 1. The molecule has 110 valence electrons. The highest BCUT2D eigenvalue weighted by Crippen LogP contribution is 2.19. The number of carbonyl (C=O) groups excluding carboxylic acids is 2. The van der Waals surface area contributed by atoms with Crippen LogP contribution in [0.2, 0.25) is 0 Å². The van der Waals surface area contributed by atoms with Crippen LogP contribution >= 0.6 is 0 Å². The summed E-state index contributed by atoms with van der Waals surface area (Å²) >= 11 is 0. The Morgan fingerprint density at radius 2 is 1.89 bits per heavy atom. The van der Waals surface area contributed by atoms with E-state index in [1.807, 2.05) is 7.05 Å². The molecule has 0 aromatic heterocycles. The highest BCUT2D eigenvalue weighted by molar-refractivity contribution is 5.70. The van der Waals surface area contributed by atoms with Gasteiger partial charge in [0, 0.05) is 25.6 Å². The first-order chi connectivity index (χ1) is 9.05. The maximum atomic E-state index is 11.5. The number of alkyl carbamates (subject to hydrolysis) is 1. The van der Waals surface area contributed by atoms with Crippen molar-refractivity contribution in [2.75, 3.05) is 33.4 Å². The second-order valence-electron chi connectivity index (χ2n) is 4.89. The number of nitrogens with one attached hydrogen (secondary N) is 1. The number of hydrogen-bond donors (Lipinski definition) is 1. The maximum Gasteiger partial charge on any atom is 0.407 e. The predicted molar refractivity (Wildman–Crippen MR) is 70.8 cm³/mol. The number of ether oxygens (including phenoxy) is 2. The number of amides is 1. The Labute approximate surface area is 114 Å². The van der Waals surface area contributed by atoms with Crippen LogP contribution in [0.1, 0.15) is 26.7 Å². The molecule has 0 aliphatic carbocycles. The Morgan fingerprint density at radius 3 is 2.53 bits per heavy atom. The van der Waals surface area contributed by atoms with E-state index in [2.05, 4.69) is 10.2 Å². The minimum Gasteiger partial charge on any atom is -0.466 e. The molecule has 6 heteroatoms. The van der Waals surface area contributed by atoms with E-state index < -0.39 is 6.09 Å². The fourth-order valence-corrected chi connectivity index (χ4v) is 2.49. The van der Waals surface area contributed by atoms with Crippen molar-refractivity contribution in [3.8, 4) is 0 Å². The number of hydrogen-bond acceptors (Lipinski definition) is 5. The zero-order chi connectivity index (χ0) is 14.3. The summed E-state index contributed by atoms with van der Waals surface area (Å²) in [6, 6.07) is 0.0252. The predicted octanol–water partition coefficient (Wildman–Crippen LogP) is 1.01. The molecule has 0 bridgehead atoms. The average Bonchev–Trinajstić information content (AvgIpc) is 2.28. The Bertz CT molecular complexity index is 281. The Morgan fingerprint density at radius 1 is 1.21 bits per heavy atom. The second-order valence-corrected chi connectivity index (χ2v) is 4.89. The van der Waals surface area contributed by atoms with E-state index >= 15 is 0 Å². The van der Waals surface area contributed by atoms with E-state index in [0.29, 0.717) is 19.6 Å². The van der Waals surface area contributed by atoms with Crippen LogP contribution in [-0.2, 0) is 14.3 Å². The highest BCUT2D eigenvalue weighted by Gasteiger charge is 2.28. The zero-order valence-electron chi connectivity index (χ0n) is 12.0. The first-order valence-corrected chi connectivity index (χ1v) is 6.82. The minimum atomic E-state index is -0.391. The van der Waals surface area contributed by atoms with Crippen molar-refractivity contribution in [3.05, 3.63) is 0 Å². The molecule has 1 heterocycles. The Balaban J connectivity index is 2.43. The molecule has 1 aliphatic heterocycles. The topological polar surface area (TPSA) is 67.9 Å². The van der Waals surface area contributed by atoms with Crippen LogP contribution in [0.25, 0.3) is 0 Å². The van der Waals surface area contributed by atoms with Crippen molar-refractivity contribution in [3.63, 3.8) is 0 Å². The summed E-state index contributed by atoms with van der Waals surface area (Å²) in [7, 11) is 1.98. The van der Waals surface area contributed by atoms with Gasteiger partial charge in [-0.15, -0.1) is 0 Å². The third-order valence-electron chi connectivity index (χ3n) is 3.08. The monoisotopic (exact) mass is 272 g/mol. The molecule has 1 fully saturated rings. The largest absolute Gasteiger partial charge is 0.466 e. The molecule has 1 saturated heterocycles. The lowest BCUT2D eigenvalue weighted by atomic mass is 9.92. The summed E-state index contributed by atoms with van der Waals surface area (Å²) in [6.45, 7) is 5.97. The van der Waals surface area contributed by atoms with Crippen LogP contribution in [0.4, 0.5) is 4.79 Å². The fraction of sp³-hybridized carbons (Fsp3) is 0.846. The van der Waals surface area contributed by atoms with Crippen molar-refractivity contribution in [2.24, 2.45) is 5.92 Å². The number of likely N-dealkylation sites (tertiary alicyclic amines) is 1. The molecule has 0 aromatic rings. The maximum absolute atomic E-state index is 11.5. The van der Waals surface area contributed by atoms with E-state index in [1.165, 1.54) is 0 Å². The van der Waals surface area contributed by atoms with Crippen LogP contribution < -0.4 is 5.32 Å². The quantitative estimate of drug-likeness (QED) is 0.756. The lowest BCUT2D eigenvalue weighted by Crippen LogP contribution is -2.50. The van der Waals surface area contributed by atoms with E-state index in [0.717, 1.165) is 19.5 Å². The zero-order valence-corrected chi connectivity index (χ0v) is 12.0. The van der Waals surface area contributed by atoms with Crippen molar-refractivity contribution in [1.82, 2.24) is 10.2 Å². The summed E-state index contributed by atoms with van der Waals surface area (Å²) in [5.41, 5.74) is 0. The van der Waals surface area contributed by atoms with Gasteiger partial charge in [0.15, 0.2) is 0 Å². The van der Waals surface area contributed by atoms with Gasteiger partial charge in [-0.3, -0.25) is 4.79 Å². The van der Waals surface area contributed by atoms with Gasteiger partial charge >= 0.3 is 12.1 Å². The van der Waals surface area contributed by atoms with Gasteiger partial charge in [-0.1, -0.05) is 0 Å². The average molecular weight is 272 g/mol. The molecule has 0 aromatic carbocycles. The molecule has 1 N–H and O–H groups in total. The van der Waals surface area contributed by atoms with Crippen LogP contribution in [0.5, 0.6) is 0 Å². The molecule has 1 rings (SSSR count). The summed E-state index contributed by atoms with van der Waals surface area (Å²) in [5.74, 6) is 0.0439. The molecular formula is C13H24N2O4. The van der Waals surface area contributed by atoms with E-state index in [-0.39, 0.29) is 17.9 Å². The molecule has 1 amide bonds. The number of carbonyl (C=O) groups is 2.